The van der Waals surface area contributed by atoms with Gasteiger partial charge in [0, 0.05) is 108 Å². The van der Waals surface area contributed by atoms with Gasteiger partial charge < -0.3 is 18.3 Å². The number of fused-ring (bicyclic) bond motifs is 12. The molecule has 0 aliphatic rings. The molecular weight excluding hydrogens is 1100 g/mol. The van der Waals surface area contributed by atoms with E-state index in [9.17, 15) is 5.26 Å². The summed E-state index contributed by atoms with van der Waals surface area (Å²) in [5, 5.41) is 21.4. The average Bonchev–Trinajstić information content (AvgIpc) is 1.39. The molecule has 11 aromatic carbocycles. The number of pyridine rings is 3. The Kier molecular flexibility index (Phi) is 11.5. The van der Waals surface area contributed by atoms with Crippen molar-refractivity contribution < 1.29 is 0 Å². The standard InChI is InChI=1S/C82H50N8/c83-51-69-78(52-35-41-84-42-36-52)81(89-72-25-13-9-21-63(72)67-49-57(29-33-76(67)89)55-27-31-74-65(47-55)61-19-7-11-23-70(61)87(74)59-15-3-1-4-16-59)80(54-39-45-86-46-40-54)82(79(69)53-37-43-85-44-38-53)90-73-26-14-10-22-64(73)68-50-58(30-34-77(68)90)56-28-32-75-66(48-56)62-20-8-12-24-71(62)88(75)60-17-5-2-6-18-60/h1-50H. The van der Waals surface area contributed by atoms with E-state index in [0.29, 0.717) is 5.56 Å². The van der Waals surface area contributed by atoms with Crippen LogP contribution in [0.1, 0.15) is 5.56 Å². The molecule has 0 aliphatic heterocycles. The van der Waals surface area contributed by atoms with Crippen molar-refractivity contribution in [3.05, 3.63) is 310 Å². The minimum absolute atomic E-state index is 0.520. The number of hydrogen-bond donors (Lipinski definition) is 0. The van der Waals surface area contributed by atoms with E-state index in [1.165, 1.54) is 32.6 Å². The van der Waals surface area contributed by atoms with Crippen LogP contribution in [-0.4, -0.2) is 33.2 Å². The highest BCUT2D eigenvalue weighted by Gasteiger charge is 2.32. The van der Waals surface area contributed by atoms with Crippen LogP contribution in [0.4, 0.5) is 0 Å². The molecule has 0 spiro atoms. The van der Waals surface area contributed by atoms with Crippen LogP contribution in [0.5, 0.6) is 0 Å². The maximum absolute atomic E-state index is 12.3. The van der Waals surface area contributed by atoms with Gasteiger partial charge in [0.15, 0.2) is 0 Å². The zero-order chi connectivity index (χ0) is 59.4. The Morgan fingerprint density at radius 1 is 0.233 bits per heavy atom. The van der Waals surface area contributed by atoms with Crippen molar-refractivity contribution in [2.75, 3.05) is 0 Å². The molecule has 8 heteroatoms. The van der Waals surface area contributed by atoms with Gasteiger partial charge in [0.25, 0.3) is 0 Å². The van der Waals surface area contributed by atoms with Crippen molar-refractivity contribution in [2.24, 2.45) is 0 Å². The molecule has 0 amide bonds. The normalized spacial score (nSPS) is 11.8. The van der Waals surface area contributed by atoms with Crippen LogP contribution in [0.2, 0.25) is 0 Å². The minimum Gasteiger partial charge on any atom is -0.309 e. The fourth-order valence-corrected chi connectivity index (χ4v) is 14.5. The molecule has 0 unspecified atom stereocenters. The van der Waals surface area contributed by atoms with Gasteiger partial charge in [-0.2, -0.15) is 5.26 Å². The summed E-state index contributed by atoms with van der Waals surface area (Å²) in [7, 11) is 0. The second kappa shape index (κ2) is 20.3. The highest BCUT2D eigenvalue weighted by Crippen LogP contribution is 2.53. The third kappa shape index (κ3) is 7.70. The maximum Gasteiger partial charge on any atom is 0.101 e. The first-order chi connectivity index (χ1) is 44.7. The lowest BCUT2D eigenvalue weighted by atomic mass is 9.84. The van der Waals surface area contributed by atoms with Gasteiger partial charge in [-0.3, -0.25) is 15.0 Å². The van der Waals surface area contributed by atoms with E-state index in [0.717, 1.165) is 133 Å². The lowest BCUT2D eigenvalue weighted by Crippen LogP contribution is -2.10. The third-order valence-corrected chi connectivity index (χ3v) is 18.3. The van der Waals surface area contributed by atoms with E-state index in [2.05, 4.69) is 282 Å². The van der Waals surface area contributed by atoms with Crippen LogP contribution in [0.3, 0.4) is 0 Å². The predicted molar refractivity (Wildman–Crippen MR) is 369 cm³/mol. The summed E-state index contributed by atoms with van der Waals surface area (Å²) < 4.78 is 9.54. The summed E-state index contributed by atoms with van der Waals surface area (Å²) in [5.41, 5.74) is 22.7. The summed E-state index contributed by atoms with van der Waals surface area (Å²) >= 11 is 0. The highest BCUT2D eigenvalue weighted by molar-refractivity contribution is 6.18. The second-order valence-electron chi connectivity index (χ2n) is 23.0. The molecule has 7 heterocycles. The van der Waals surface area contributed by atoms with Crippen molar-refractivity contribution in [3.63, 3.8) is 0 Å². The van der Waals surface area contributed by atoms with Gasteiger partial charge in [-0.05, 0) is 172 Å². The van der Waals surface area contributed by atoms with Crippen LogP contribution in [-0.2, 0) is 0 Å². The van der Waals surface area contributed by atoms with Crippen LogP contribution >= 0.6 is 0 Å². The van der Waals surface area contributed by atoms with Crippen LogP contribution in [0.15, 0.2) is 304 Å². The molecule has 8 nitrogen and oxygen atoms in total. The number of nitrogens with zero attached hydrogens (tertiary/aromatic N) is 8. The molecule has 0 saturated carbocycles. The van der Waals surface area contributed by atoms with Gasteiger partial charge in [0.05, 0.1) is 61.1 Å². The zero-order valence-corrected chi connectivity index (χ0v) is 48.4. The quantitative estimate of drug-likeness (QED) is 0.144. The smallest absolute Gasteiger partial charge is 0.101 e. The minimum atomic E-state index is 0.520. The summed E-state index contributed by atoms with van der Waals surface area (Å²) in [6.45, 7) is 0. The molecular formula is C82H50N8. The Bertz CT molecular complexity index is 5610. The average molecular weight is 1150 g/mol. The number of para-hydroxylation sites is 6. The Labute approximate surface area is 516 Å². The van der Waals surface area contributed by atoms with E-state index in [1.54, 1.807) is 0 Å². The molecule has 0 radical (unpaired) electrons. The molecule has 18 rings (SSSR count). The summed E-state index contributed by atoms with van der Waals surface area (Å²) in [6, 6.07) is 98.7. The summed E-state index contributed by atoms with van der Waals surface area (Å²) in [4.78, 5) is 13.8. The second-order valence-corrected chi connectivity index (χ2v) is 23.0. The number of aromatic nitrogens is 7. The first-order valence-corrected chi connectivity index (χ1v) is 30.3. The van der Waals surface area contributed by atoms with E-state index in [4.69, 9.17) is 0 Å². The lowest BCUT2D eigenvalue weighted by Gasteiger charge is -2.28. The number of benzene rings is 11. The van der Waals surface area contributed by atoms with E-state index >= 15 is 0 Å². The van der Waals surface area contributed by atoms with Crippen molar-refractivity contribution in [1.82, 2.24) is 33.2 Å². The van der Waals surface area contributed by atoms with Gasteiger partial charge in [-0.1, -0.05) is 133 Å². The Morgan fingerprint density at radius 2 is 0.500 bits per heavy atom. The Balaban J connectivity index is 0.923. The van der Waals surface area contributed by atoms with Crippen LogP contribution in [0, 0.1) is 11.3 Å². The molecule has 0 bridgehead atoms. The number of nitriles is 1. The number of hydrogen-bond acceptors (Lipinski definition) is 4. The fraction of sp³-hybridized carbons (Fsp3) is 0. The summed E-state index contributed by atoms with van der Waals surface area (Å²) in [5.74, 6) is 0. The Hall–Kier alpha value is -12.4. The predicted octanol–water partition coefficient (Wildman–Crippen LogP) is 20.5. The molecule has 7 aromatic heterocycles. The van der Waals surface area contributed by atoms with Crippen molar-refractivity contribution in [2.45, 2.75) is 0 Å². The molecule has 0 aliphatic carbocycles. The third-order valence-electron chi connectivity index (χ3n) is 18.3. The van der Waals surface area contributed by atoms with Gasteiger partial charge in [0.1, 0.15) is 6.07 Å². The molecule has 0 saturated heterocycles. The zero-order valence-electron chi connectivity index (χ0n) is 48.4. The van der Waals surface area contributed by atoms with Crippen molar-refractivity contribution >= 4 is 87.2 Å². The van der Waals surface area contributed by atoms with E-state index in [1.807, 2.05) is 61.4 Å². The first kappa shape index (κ1) is 50.8. The monoisotopic (exact) mass is 1150 g/mol. The highest BCUT2D eigenvalue weighted by atomic mass is 15.0. The van der Waals surface area contributed by atoms with Crippen molar-refractivity contribution in [1.29, 1.82) is 5.26 Å². The van der Waals surface area contributed by atoms with E-state index in [-0.39, 0.29) is 0 Å². The maximum atomic E-state index is 12.3. The van der Waals surface area contributed by atoms with Crippen LogP contribution < -0.4 is 0 Å². The fourth-order valence-electron chi connectivity index (χ4n) is 14.5. The van der Waals surface area contributed by atoms with Gasteiger partial charge in [-0.15, -0.1) is 0 Å². The number of rotatable bonds is 9. The van der Waals surface area contributed by atoms with Gasteiger partial charge in [-0.25, -0.2) is 0 Å². The molecule has 0 N–H and O–H groups in total. The van der Waals surface area contributed by atoms with Gasteiger partial charge in [0.2, 0.25) is 0 Å². The molecule has 0 fully saturated rings. The van der Waals surface area contributed by atoms with Crippen molar-refractivity contribution in [3.8, 4) is 84.5 Å². The molecule has 418 valence electrons. The largest absolute Gasteiger partial charge is 0.309 e. The molecule has 90 heavy (non-hydrogen) atoms. The SMILES string of the molecule is N#Cc1c(-c2ccncc2)c(-n2c3ccccc3c3cc(-c4ccc5c(c4)c4ccccc4n5-c4ccccc4)ccc32)c(-c2ccncc2)c(-n2c3ccccc3c3cc(-c4ccc5c(c4)c4ccccc4n5-c4ccccc4)ccc32)c1-c1ccncc1. The first-order valence-electron chi connectivity index (χ1n) is 30.3. The topological polar surface area (TPSA) is 82.2 Å². The lowest BCUT2D eigenvalue weighted by molar-refractivity contribution is 1.13. The molecule has 0 atom stereocenters. The van der Waals surface area contributed by atoms with Gasteiger partial charge >= 0.3 is 0 Å². The van der Waals surface area contributed by atoms with Crippen LogP contribution in [0.25, 0.3) is 166 Å². The molecule has 18 aromatic rings. The summed E-state index contributed by atoms with van der Waals surface area (Å²) in [6.07, 6.45) is 11.0. The Morgan fingerprint density at radius 3 is 0.822 bits per heavy atom. The van der Waals surface area contributed by atoms with E-state index < -0.39 is 0 Å².